The maximum absolute atomic E-state index is 12.6. The number of amides is 1. The first-order chi connectivity index (χ1) is 8.05. The van der Waals surface area contributed by atoms with Crippen LogP contribution < -0.4 is 5.32 Å². The molecule has 1 saturated heterocycles. The molecule has 0 aliphatic carbocycles. The van der Waals surface area contributed by atoms with Crippen molar-refractivity contribution < 1.29 is 32.3 Å². The first kappa shape index (κ1) is 16.6. The molecule has 2 atom stereocenters. The average Bonchev–Trinajstić information content (AvgIpc) is 2.63. The van der Waals surface area contributed by atoms with E-state index in [1.54, 1.807) is 14.1 Å². The summed E-state index contributed by atoms with van der Waals surface area (Å²) in [5, 5.41) is 9.95. The third-order valence-electron chi connectivity index (χ3n) is 2.06. The zero-order valence-electron chi connectivity index (χ0n) is 9.79. The normalized spacial score (nSPS) is 23.0. The number of carbonyl (C=O) groups excluding carboxylic acids is 1. The third-order valence-corrected chi connectivity index (χ3v) is 2.06. The lowest BCUT2D eigenvalue weighted by Gasteiger charge is -2.15. The number of rotatable bonds is 1. The SMILES string of the molecule is CN(C)C(=O)[C@@H]1C[C@@H](F)CN1.O=C(O)C(F)(F)F. The Morgan fingerprint density at radius 1 is 1.33 bits per heavy atom. The molecule has 2 N–H and O–H groups in total. The molecule has 1 amide bonds. The molecule has 1 heterocycles. The van der Waals surface area contributed by atoms with Crippen molar-refractivity contribution in [2.45, 2.75) is 24.8 Å². The molecule has 0 spiro atoms. The topological polar surface area (TPSA) is 69.6 Å². The number of carboxylic acids is 1. The lowest BCUT2D eigenvalue weighted by molar-refractivity contribution is -0.192. The van der Waals surface area contributed by atoms with Gasteiger partial charge in [-0.05, 0) is 0 Å². The molecule has 0 aromatic carbocycles. The molecule has 1 fully saturated rings. The van der Waals surface area contributed by atoms with Gasteiger partial charge < -0.3 is 15.3 Å². The van der Waals surface area contributed by atoms with Gasteiger partial charge in [-0.15, -0.1) is 0 Å². The summed E-state index contributed by atoms with van der Waals surface area (Å²) in [4.78, 5) is 21.6. The predicted molar refractivity (Wildman–Crippen MR) is 53.7 cm³/mol. The Kier molecular flexibility index (Phi) is 6.02. The van der Waals surface area contributed by atoms with E-state index in [0.717, 1.165) is 0 Å². The van der Waals surface area contributed by atoms with E-state index >= 15 is 0 Å². The highest BCUT2D eigenvalue weighted by Gasteiger charge is 2.38. The Hall–Kier alpha value is -1.38. The van der Waals surface area contributed by atoms with Crippen LogP contribution in [0.2, 0.25) is 0 Å². The number of alkyl halides is 4. The summed E-state index contributed by atoms with van der Waals surface area (Å²) in [6.07, 6.45) is -5.62. The van der Waals surface area contributed by atoms with Gasteiger partial charge in [0.1, 0.15) is 6.17 Å². The Morgan fingerprint density at radius 3 is 2.00 bits per heavy atom. The number of nitrogens with zero attached hydrogens (tertiary/aromatic N) is 1. The summed E-state index contributed by atoms with van der Waals surface area (Å²) in [5.41, 5.74) is 0. The van der Waals surface area contributed by atoms with Gasteiger partial charge in [-0.1, -0.05) is 0 Å². The van der Waals surface area contributed by atoms with Gasteiger partial charge in [0.2, 0.25) is 5.91 Å². The van der Waals surface area contributed by atoms with Crippen LogP contribution in [0.3, 0.4) is 0 Å². The monoisotopic (exact) mass is 274 g/mol. The van der Waals surface area contributed by atoms with Crippen LogP contribution in [0.4, 0.5) is 17.6 Å². The minimum absolute atomic E-state index is 0.0369. The number of likely N-dealkylation sites (N-methyl/N-ethyl adjacent to an activating group) is 1. The number of halogens is 4. The molecule has 9 heteroatoms. The molecular formula is C9H14F4N2O3. The van der Waals surface area contributed by atoms with E-state index in [4.69, 9.17) is 9.90 Å². The molecule has 5 nitrogen and oxygen atoms in total. The van der Waals surface area contributed by atoms with Gasteiger partial charge in [-0.3, -0.25) is 4.79 Å². The molecule has 18 heavy (non-hydrogen) atoms. The zero-order chi connectivity index (χ0) is 14.5. The second kappa shape index (κ2) is 6.53. The van der Waals surface area contributed by atoms with E-state index in [9.17, 15) is 22.4 Å². The number of carboxylic acid groups (broad SMARTS) is 1. The Balaban J connectivity index is 0.000000360. The number of carbonyl (C=O) groups is 2. The van der Waals surface area contributed by atoms with E-state index in [1.807, 2.05) is 0 Å². The molecular weight excluding hydrogens is 260 g/mol. The quantitative estimate of drug-likeness (QED) is 0.679. The minimum Gasteiger partial charge on any atom is -0.475 e. The van der Waals surface area contributed by atoms with Gasteiger partial charge in [-0.25, -0.2) is 9.18 Å². The van der Waals surface area contributed by atoms with Crippen molar-refractivity contribution >= 4 is 11.9 Å². The van der Waals surface area contributed by atoms with Crippen LogP contribution in [0.25, 0.3) is 0 Å². The third kappa shape index (κ3) is 5.80. The van der Waals surface area contributed by atoms with Gasteiger partial charge in [0, 0.05) is 27.1 Å². The first-order valence-electron chi connectivity index (χ1n) is 4.94. The van der Waals surface area contributed by atoms with Crippen molar-refractivity contribution in [3.63, 3.8) is 0 Å². The molecule has 0 unspecified atom stereocenters. The van der Waals surface area contributed by atoms with E-state index in [1.165, 1.54) is 4.90 Å². The van der Waals surface area contributed by atoms with Crippen LogP contribution in [0, 0.1) is 0 Å². The summed E-state index contributed by atoms with van der Waals surface area (Å²) in [5.74, 6) is -2.79. The highest BCUT2D eigenvalue weighted by Crippen LogP contribution is 2.13. The molecule has 1 aliphatic heterocycles. The smallest absolute Gasteiger partial charge is 0.475 e. The van der Waals surface area contributed by atoms with Crippen molar-refractivity contribution in [2.24, 2.45) is 0 Å². The molecule has 0 bridgehead atoms. The van der Waals surface area contributed by atoms with Crippen molar-refractivity contribution in [1.29, 1.82) is 0 Å². The Morgan fingerprint density at radius 2 is 1.78 bits per heavy atom. The maximum atomic E-state index is 12.6. The van der Waals surface area contributed by atoms with Gasteiger partial charge >= 0.3 is 12.1 Å². The van der Waals surface area contributed by atoms with Gasteiger partial charge in [0.05, 0.1) is 6.04 Å². The zero-order valence-corrected chi connectivity index (χ0v) is 9.79. The van der Waals surface area contributed by atoms with Gasteiger partial charge in [0.25, 0.3) is 0 Å². The fourth-order valence-corrected chi connectivity index (χ4v) is 1.19. The van der Waals surface area contributed by atoms with E-state index in [2.05, 4.69) is 5.32 Å². The van der Waals surface area contributed by atoms with Crippen LogP contribution in [0.15, 0.2) is 0 Å². The highest BCUT2D eigenvalue weighted by molar-refractivity contribution is 5.81. The number of aliphatic carboxylic acids is 1. The van der Waals surface area contributed by atoms with Crippen molar-refractivity contribution in [3.05, 3.63) is 0 Å². The standard InChI is InChI=1S/C7H13FN2O.C2HF3O2/c1-10(2)7(11)6-3-5(8)4-9-6;3-2(4,5)1(6)7/h5-6,9H,3-4H2,1-2H3;(H,6,7)/t5-,6+;/m1./s1. The molecule has 1 rings (SSSR count). The first-order valence-corrected chi connectivity index (χ1v) is 4.94. The van der Waals surface area contributed by atoms with Crippen LogP contribution in [0.5, 0.6) is 0 Å². The van der Waals surface area contributed by atoms with Gasteiger partial charge in [-0.2, -0.15) is 13.2 Å². The van der Waals surface area contributed by atoms with Crippen LogP contribution in [-0.4, -0.2) is 60.9 Å². The largest absolute Gasteiger partial charge is 0.490 e. The summed E-state index contributed by atoms with van der Waals surface area (Å²) in [7, 11) is 3.35. The lowest BCUT2D eigenvalue weighted by Crippen LogP contribution is -2.39. The molecule has 1 aliphatic rings. The fourth-order valence-electron chi connectivity index (χ4n) is 1.19. The van der Waals surface area contributed by atoms with Crippen LogP contribution in [0.1, 0.15) is 6.42 Å². The predicted octanol–water partition coefficient (Wildman–Crippen LogP) is 0.408. The number of hydrogen-bond donors (Lipinski definition) is 2. The second-order valence-electron chi connectivity index (χ2n) is 3.83. The fraction of sp³-hybridized carbons (Fsp3) is 0.778. The second-order valence-corrected chi connectivity index (χ2v) is 3.83. The molecule has 0 aromatic rings. The molecule has 0 aromatic heterocycles. The van der Waals surface area contributed by atoms with Crippen molar-refractivity contribution in [1.82, 2.24) is 10.2 Å². The van der Waals surface area contributed by atoms with Crippen molar-refractivity contribution in [3.8, 4) is 0 Å². The van der Waals surface area contributed by atoms with E-state index in [0.29, 0.717) is 13.0 Å². The summed E-state index contributed by atoms with van der Waals surface area (Å²) in [6.45, 7) is 0.310. The Labute approximate surface area is 101 Å². The van der Waals surface area contributed by atoms with Crippen LogP contribution >= 0.6 is 0 Å². The summed E-state index contributed by atoms with van der Waals surface area (Å²) >= 11 is 0. The van der Waals surface area contributed by atoms with Crippen molar-refractivity contribution in [2.75, 3.05) is 20.6 Å². The molecule has 106 valence electrons. The number of nitrogens with one attached hydrogen (secondary N) is 1. The summed E-state index contributed by atoms with van der Waals surface area (Å²) < 4.78 is 44.3. The van der Waals surface area contributed by atoms with E-state index in [-0.39, 0.29) is 11.9 Å². The van der Waals surface area contributed by atoms with Gasteiger partial charge in [0.15, 0.2) is 0 Å². The Bertz CT molecular complexity index is 307. The summed E-state index contributed by atoms with van der Waals surface area (Å²) in [6, 6.07) is -0.306. The molecule has 0 saturated carbocycles. The average molecular weight is 274 g/mol. The maximum Gasteiger partial charge on any atom is 0.490 e. The number of hydrogen-bond acceptors (Lipinski definition) is 3. The highest BCUT2D eigenvalue weighted by atomic mass is 19.4. The van der Waals surface area contributed by atoms with E-state index < -0.39 is 18.3 Å². The minimum atomic E-state index is -5.08. The molecule has 0 radical (unpaired) electrons. The lowest BCUT2D eigenvalue weighted by atomic mass is 10.2. The van der Waals surface area contributed by atoms with Crippen LogP contribution in [-0.2, 0) is 9.59 Å².